The van der Waals surface area contributed by atoms with Crippen LogP contribution in [0.2, 0.25) is 18.1 Å². The maximum Gasteiger partial charge on any atom is 0.192 e. The van der Waals surface area contributed by atoms with E-state index in [1.165, 1.54) is 11.8 Å². The van der Waals surface area contributed by atoms with E-state index in [4.69, 9.17) is 4.43 Å². The van der Waals surface area contributed by atoms with Crippen molar-refractivity contribution in [3.8, 4) is 0 Å². The van der Waals surface area contributed by atoms with Gasteiger partial charge in [0.05, 0.1) is 12.7 Å². The minimum Gasteiger partial charge on any atom is -0.411 e. The summed E-state index contributed by atoms with van der Waals surface area (Å²) in [7, 11) is -2.23. The Labute approximate surface area is 160 Å². The Morgan fingerprint density at radius 3 is 2.31 bits per heavy atom. The highest BCUT2D eigenvalue weighted by Crippen LogP contribution is 2.45. The molecule has 5 nitrogen and oxygen atoms in total. The number of aliphatic hydroxyl groups is 3. The average molecular weight is 399 g/mol. The van der Waals surface area contributed by atoms with Gasteiger partial charge >= 0.3 is 0 Å². The molecule has 4 atom stereocenters. The second-order valence-corrected chi connectivity index (χ2v) is 14.7. The van der Waals surface area contributed by atoms with Gasteiger partial charge in [-0.05, 0) is 36.7 Å². The van der Waals surface area contributed by atoms with Crippen molar-refractivity contribution in [3.05, 3.63) is 30.3 Å². The fourth-order valence-corrected chi connectivity index (χ4v) is 5.43. The first kappa shape index (κ1) is 21.6. The molecule has 0 amide bonds. The third kappa shape index (κ3) is 4.23. The van der Waals surface area contributed by atoms with Crippen molar-refractivity contribution in [2.75, 3.05) is 6.61 Å². The molecule has 0 aliphatic heterocycles. The number of carbonyl (C=O) groups excluding carboxylic acids is 1. The van der Waals surface area contributed by atoms with Crippen LogP contribution in [0, 0.1) is 0 Å². The fourth-order valence-electron chi connectivity index (χ4n) is 2.82. The van der Waals surface area contributed by atoms with E-state index >= 15 is 0 Å². The van der Waals surface area contributed by atoms with Crippen LogP contribution in [0.25, 0.3) is 0 Å². The summed E-state index contributed by atoms with van der Waals surface area (Å²) in [6, 6.07) is 9.30. The molecule has 0 heterocycles. The summed E-state index contributed by atoms with van der Waals surface area (Å²) in [6.07, 6.45) is -3.39. The van der Waals surface area contributed by atoms with Gasteiger partial charge in [0.2, 0.25) is 0 Å². The number of rotatable bonds is 5. The smallest absolute Gasteiger partial charge is 0.192 e. The van der Waals surface area contributed by atoms with Gasteiger partial charge in [0, 0.05) is 4.90 Å². The lowest BCUT2D eigenvalue weighted by Gasteiger charge is -2.47. The lowest BCUT2D eigenvalue weighted by Crippen LogP contribution is -2.62. The average Bonchev–Trinajstić information content (AvgIpc) is 2.57. The minimum absolute atomic E-state index is 0.0758. The van der Waals surface area contributed by atoms with E-state index in [9.17, 15) is 20.1 Å². The molecular weight excluding hydrogens is 368 g/mol. The van der Waals surface area contributed by atoms with Gasteiger partial charge in [-0.2, -0.15) is 0 Å². The van der Waals surface area contributed by atoms with E-state index in [0.29, 0.717) is 0 Å². The van der Waals surface area contributed by atoms with Gasteiger partial charge in [0.25, 0.3) is 0 Å². The molecule has 26 heavy (non-hydrogen) atoms. The molecule has 2 rings (SSSR count). The molecule has 146 valence electrons. The van der Waals surface area contributed by atoms with E-state index in [0.717, 1.165) is 4.90 Å². The second-order valence-electron chi connectivity index (χ2n) is 8.49. The molecule has 1 aromatic carbocycles. The highest BCUT2D eigenvalue weighted by Gasteiger charge is 2.55. The van der Waals surface area contributed by atoms with Crippen LogP contribution in [0.5, 0.6) is 0 Å². The Bertz CT molecular complexity index is 631. The van der Waals surface area contributed by atoms with E-state index in [2.05, 4.69) is 33.9 Å². The number of hydrogen-bond acceptors (Lipinski definition) is 6. The first-order valence-electron chi connectivity index (χ1n) is 8.87. The molecule has 3 N–H and O–H groups in total. The lowest BCUT2D eigenvalue weighted by atomic mass is 9.82. The molecule has 0 saturated heterocycles. The zero-order valence-corrected chi connectivity index (χ0v) is 17.9. The molecule has 1 fully saturated rings. The Morgan fingerprint density at radius 1 is 1.23 bits per heavy atom. The van der Waals surface area contributed by atoms with E-state index in [1.54, 1.807) is 0 Å². The number of aliphatic hydroxyl groups excluding tert-OH is 3. The molecule has 0 spiro atoms. The fraction of sp³-hybridized carbons (Fsp3) is 0.632. The number of ketones is 1. The summed E-state index contributed by atoms with van der Waals surface area (Å²) in [5.74, 6) is -0.545. The molecule has 1 aliphatic carbocycles. The molecule has 0 radical (unpaired) electrons. The van der Waals surface area contributed by atoms with Gasteiger partial charge in [-0.3, -0.25) is 4.79 Å². The van der Waals surface area contributed by atoms with Gasteiger partial charge in [-0.1, -0.05) is 39.0 Å². The first-order valence-corrected chi connectivity index (χ1v) is 12.6. The van der Waals surface area contributed by atoms with Crippen LogP contribution >= 0.6 is 11.8 Å². The molecular formula is C19H30O5SSi. The molecule has 1 aliphatic rings. The summed E-state index contributed by atoms with van der Waals surface area (Å²) in [5, 5.41) is 30.8. The van der Waals surface area contributed by atoms with Crippen molar-refractivity contribution in [2.24, 2.45) is 0 Å². The highest BCUT2D eigenvalue weighted by molar-refractivity contribution is 8.01. The Morgan fingerprint density at radius 2 is 1.81 bits per heavy atom. The number of Topliss-reactive ketones (excluding diaryl/α,β-unsaturated/α-hetero) is 1. The summed E-state index contributed by atoms with van der Waals surface area (Å²) >= 11 is 1.23. The standard InChI is InChI=1S/C19H30O5SSi/c1-18(2,3)26(4,5)24-14-11-19(12-20,17(23)16(22)15(14)21)25-13-9-7-6-8-10-13/h6-10,14-16,20-22H,11-12H2,1-5H3/t14-,15+,16+,19+/m0/s1. The largest absolute Gasteiger partial charge is 0.411 e. The number of hydrogen-bond donors (Lipinski definition) is 3. The maximum absolute atomic E-state index is 12.8. The van der Waals surface area contributed by atoms with Crippen LogP contribution in [0.1, 0.15) is 27.2 Å². The lowest BCUT2D eigenvalue weighted by molar-refractivity contribution is -0.151. The Balaban J connectivity index is 2.33. The predicted octanol–water partition coefficient (Wildman–Crippen LogP) is 2.59. The summed E-state index contributed by atoms with van der Waals surface area (Å²) < 4.78 is 5.09. The number of carbonyl (C=O) groups is 1. The van der Waals surface area contributed by atoms with Gasteiger partial charge in [0.1, 0.15) is 17.0 Å². The molecule has 0 aromatic heterocycles. The molecule has 0 unspecified atom stereocenters. The molecule has 1 aromatic rings. The van der Waals surface area contributed by atoms with Crippen LogP contribution in [-0.2, 0) is 9.22 Å². The molecule has 0 bridgehead atoms. The highest BCUT2D eigenvalue weighted by atomic mass is 32.2. The quantitative estimate of drug-likeness (QED) is 0.661. The van der Waals surface area contributed by atoms with Crippen molar-refractivity contribution in [1.29, 1.82) is 0 Å². The van der Waals surface area contributed by atoms with Crippen LogP contribution in [0.4, 0.5) is 0 Å². The summed E-state index contributed by atoms with van der Waals surface area (Å²) in [5.41, 5.74) is 0. The van der Waals surface area contributed by atoms with Crippen LogP contribution in [0.15, 0.2) is 35.2 Å². The zero-order chi connectivity index (χ0) is 19.8. The van der Waals surface area contributed by atoms with Gasteiger partial charge < -0.3 is 19.7 Å². The SMILES string of the molecule is CC(C)(C)[Si](C)(C)O[C@H]1C[C@](CO)(Sc2ccccc2)C(=O)[C@H](O)[C@@H]1O. The van der Waals surface area contributed by atoms with Gasteiger partial charge in [0.15, 0.2) is 14.1 Å². The van der Waals surface area contributed by atoms with Crippen LogP contribution in [-0.4, -0.2) is 59.1 Å². The summed E-state index contributed by atoms with van der Waals surface area (Å²) in [6.45, 7) is 9.98. The number of benzene rings is 1. The minimum atomic E-state index is -2.23. The van der Waals surface area contributed by atoms with Crippen molar-refractivity contribution >= 4 is 25.9 Å². The van der Waals surface area contributed by atoms with Gasteiger partial charge in [-0.15, -0.1) is 11.8 Å². The van der Waals surface area contributed by atoms with Crippen LogP contribution < -0.4 is 0 Å². The Kier molecular flexibility index (Phi) is 6.42. The van der Waals surface area contributed by atoms with Crippen molar-refractivity contribution in [2.45, 2.75) is 73.3 Å². The molecule has 1 saturated carbocycles. The van der Waals surface area contributed by atoms with Crippen molar-refractivity contribution < 1.29 is 24.5 Å². The summed E-state index contributed by atoms with van der Waals surface area (Å²) in [4.78, 5) is 13.6. The predicted molar refractivity (Wildman–Crippen MR) is 106 cm³/mol. The first-order chi connectivity index (χ1) is 11.9. The Hall–Kier alpha value is -0.703. The third-order valence-electron chi connectivity index (χ3n) is 5.52. The zero-order valence-electron chi connectivity index (χ0n) is 16.1. The van der Waals surface area contributed by atoms with E-state index in [-0.39, 0.29) is 11.5 Å². The monoisotopic (exact) mass is 398 g/mol. The van der Waals surface area contributed by atoms with Crippen LogP contribution in [0.3, 0.4) is 0 Å². The second kappa shape index (κ2) is 7.73. The van der Waals surface area contributed by atoms with E-state index < -0.39 is 43.8 Å². The topological polar surface area (TPSA) is 87.0 Å². The van der Waals surface area contributed by atoms with Crippen molar-refractivity contribution in [1.82, 2.24) is 0 Å². The molecule has 7 heteroatoms. The normalized spacial score (nSPS) is 30.5. The number of thioether (sulfide) groups is 1. The maximum atomic E-state index is 12.8. The van der Waals surface area contributed by atoms with E-state index in [1.807, 2.05) is 30.3 Å². The van der Waals surface area contributed by atoms with Crippen molar-refractivity contribution in [3.63, 3.8) is 0 Å². The van der Waals surface area contributed by atoms with Gasteiger partial charge in [-0.25, -0.2) is 0 Å². The third-order valence-corrected chi connectivity index (χ3v) is 11.4.